The number of thioether (sulfide) groups is 2. The standard InChI is InChI=1S/C24H18F2N2O2S2/c25-17-5-9-19(10-6-17)27-21(29)13-31-23(27)15-1-2-16(4-3-15)24-28(22(30)14-32-24)20-11-7-18(26)8-12-20/h1-12,23-24H,13-14H2. The number of rotatable bonds is 4. The Morgan fingerprint density at radius 1 is 0.594 bits per heavy atom. The van der Waals surface area contributed by atoms with E-state index in [2.05, 4.69) is 0 Å². The third kappa shape index (κ3) is 3.89. The van der Waals surface area contributed by atoms with Gasteiger partial charge < -0.3 is 0 Å². The Kier molecular flexibility index (Phi) is 5.65. The Bertz CT molecular complexity index is 1060. The van der Waals surface area contributed by atoms with Crippen molar-refractivity contribution in [2.24, 2.45) is 0 Å². The van der Waals surface area contributed by atoms with Gasteiger partial charge >= 0.3 is 0 Å². The monoisotopic (exact) mass is 468 g/mol. The minimum absolute atomic E-state index is 0.0184. The second-order valence-corrected chi connectivity index (χ2v) is 9.61. The fourth-order valence-corrected chi connectivity index (χ4v) is 6.28. The van der Waals surface area contributed by atoms with Crippen LogP contribution < -0.4 is 9.80 Å². The van der Waals surface area contributed by atoms with Crippen LogP contribution >= 0.6 is 23.5 Å². The first-order chi connectivity index (χ1) is 15.5. The Balaban J connectivity index is 1.41. The van der Waals surface area contributed by atoms with Crippen molar-refractivity contribution in [3.63, 3.8) is 0 Å². The molecule has 2 atom stereocenters. The number of hydrogen-bond acceptors (Lipinski definition) is 4. The normalized spacial score (nSPS) is 20.9. The van der Waals surface area contributed by atoms with Gasteiger partial charge in [-0.3, -0.25) is 19.4 Å². The van der Waals surface area contributed by atoms with Gasteiger partial charge in [0.15, 0.2) is 0 Å². The van der Waals surface area contributed by atoms with Gasteiger partial charge in [0.1, 0.15) is 22.4 Å². The van der Waals surface area contributed by atoms with Crippen LogP contribution in [0.1, 0.15) is 21.9 Å². The van der Waals surface area contributed by atoms with Crippen molar-refractivity contribution < 1.29 is 18.4 Å². The first-order valence-corrected chi connectivity index (χ1v) is 12.1. The molecule has 2 fully saturated rings. The summed E-state index contributed by atoms with van der Waals surface area (Å²) in [6.45, 7) is 0. The molecule has 2 unspecified atom stereocenters. The van der Waals surface area contributed by atoms with Crippen LogP contribution in [0.5, 0.6) is 0 Å². The molecule has 3 aromatic carbocycles. The van der Waals surface area contributed by atoms with Crippen LogP contribution in [0, 0.1) is 11.6 Å². The van der Waals surface area contributed by atoms with E-state index in [1.54, 1.807) is 34.1 Å². The van der Waals surface area contributed by atoms with Crippen LogP contribution in [0.3, 0.4) is 0 Å². The second-order valence-electron chi connectivity index (χ2n) is 7.47. The van der Waals surface area contributed by atoms with Crippen molar-refractivity contribution in [3.05, 3.63) is 95.6 Å². The molecule has 2 aliphatic heterocycles. The lowest BCUT2D eigenvalue weighted by Crippen LogP contribution is -2.28. The fraction of sp³-hybridized carbons (Fsp3) is 0.167. The van der Waals surface area contributed by atoms with Crippen molar-refractivity contribution in [2.45, 2.75) is 10.7 Å². The topological polar surface area (TPSA) is 40.6 Å². The zero-order chi connectivity index (χ0) is 22.2. The summed E-state index contributed by atoms with van der Waals surface area (Å²) in [6.07, 6.45) is 0. The van der Waals surface area contributed by atoms with E-state index in [4.69, 9.17) is 0 Å². The van der Waals surface area contributed by atoms with Gasteiger partial charge in [0.2, 0.25) is 11.8 Å². The van der Waals surface area contributed by atoms with Crippen molar-refractivity contribution in [1.82, 2.24) is 0 Å². The number of carbonyl (C=O) groups excluding carboxylic acids is 2. The van der Waals surface area contributed by atoms with Crippen molar-refractivity contribution in [2.75, 3.05) is 21.3 Å². The highest BCUT2D eigenvalue weighted by molar-refractivity contribution is 8.01. The van der Waals surface area contributed by atoms with Crippen LogP contribution in [0.4, 0.5) is 20.2 Å². The van der Waals surface area contributed by atoms with Gasteiger partial charge in [0.05, 0.1) is 11.5 Å². The molecular formula is C24H18F2N2O2S2. The minimum atomic E-state index is -0.344. The molecule has 0 spiro atoms. The molecule has 0 aliphatic carbocycles. The SMILES string of the molecule is O=C1CSC(c2ccc(C3SCC(=O)N3c3ccc(F)cc3)cc2)N1c1ccc(F)cc1. The predicted octanol–water partition coefficient (Wildman–Crippen LogP) is 5.52. The summed E-state index contributed by atoms with van der Waals surface area (Å²) in [5, 5.41) is -0.402. The van der Waals surface area contributed by atoms with Gasteiger partial charge in [-0.1, -0.05) is 24.3 Å². The van der Waals surface area contributed by atoms with E-state index in [1.165, 1.54) is 47.8 Å². The predicted molar refractivity (Wildman–Crippen MR) is 125 cm³/mol. The Morgan fingerprint density at radius 2 is 0.938 bits per heavy atom. The third-order valence-corrected chi connectivity index (χ3v) is 7.88. The van der Waals surface area contributed by atoms with Crippen LogP contribution in [-0.4, -0.2) is 23.3 Å². The number of nitrogens with zero attached hydrogens (tertiary/aromatic N) is 2. The lowest BCUT2D eigenvalue weighted by atomic mass is 10.1. The Labute approximate surface area is 192 Å². The van der Waals surface area contributed by atoms with E-state index in [9.17, 15) is 18.4 Å². The van der Waals surface area contributed by atoms with E-state index in [0.717, 1.165) is 11.1 Å². The van der Waals surface area contributed by atoms with E-state index in [1.807, 2.05) is 24.3 Å². The summed E-state index contributed by atoms with van der Waals surface area (Å²) in [6, 6.07) is 19.7. The average Bonchev–Trinajstić information content (AvgIpc) is 3.38. The number of benzene rings is 3. The van der Waals surface area contributed by atoms with Crippen LogP contribution in [0.25, 0.3) is 0 Å². The molecular weight excluding hydrogens is 450 g/mol. The lowest BCUT2D eigenvalue weighted by molar-refractivity contribution is -0.116. The molecule has 0 N–H and O–H groups in total. The molecule has 0 aromatic heterocycles. The number of halogens is 2. The number of anilines is 2. The second kappa shape index (κ2) is 8.60. The average molecular weight is 469 g/mol. The Hall–Kier alpha value is -2.84. The molecule has 8 heteroatoms. The molecule has 0 bridgehead atoms. The maximum Gasteiger partial charge on any atom is 0.238 e. The lowest BCUT2D eigenvalue weighted by Gasteiger charge is -2.26. The first-order valence-electron chi connectivity index (χ1n) is 9.99. The molecule has 5 rings (SSSR count). The van der Waals surface area contributed by atoms with E-state index in [-0.39, 0.29) is 34.2 Å². The summed E-state index contributed by atoms with van der Waals surface area (Å²) in [5.74, 6) is -0.0127. The zero-order valence-corrected chi connectivity index (χ0v) is 18.4. The van der Waals surface area contributed by atoms with E-state index >= 15 is 0 Å². The summed E-state index contributed by atoms with van der Waals surface area (Å²) in [7, 11) is 0. The zero-order valence-electron chi connectivity index (χ0n) is 16.8. The number of carbonyl (C=O) groups is 2. The van der Waals surface area contributed by atoms with E-state index < -0.39 is 0 Å². The quantitative estimate of drug-likeness (QED) is 0.506. The van der Waals surface area contributed by atoms with Gasteiger partial charge in [0, 0.05) is 11.4 Å². The maximum absolute atomic E-state index is 13.3. The molecule has 3 aromatic rings. The largest absolute Gasteiger partial charge is 0.295 e. The van der Waals surface area contributed by atoms with Crippen LogP contribution in [0.15, 0.2) is 72.8 Å². The van der Waals surface area contributed by atoms with Crippen molar-refractivity contribution in [3.8, 4) is 0 Å². The summed E-state index contributed by atoms with van der Waals surface area (Å²) < 4.78 is 26.7. The smallest absolute Gasteiger partial charge is 0.238 e. The van der Waals surface area contributed by atoms with Gasteiger partial charge in [-0.25, -0.2) is 8.78 Å². The van der Waals surface area contributed by atoms with Crippen LogP contribution in [-0.2, 0) is 9.59 Å². The highest BCUT2D eigenvalue weighted by Gasteiger charge is 2.36. The Morgan fingerprint density at radius 3 is 1.28 bits per heavy atom. The third-order valence-electron chi connectivity index (χ3n) is 5.45. The minimum Gasteiger partial charge on any atom is -0.295 e. The molecule has 162 valence electrons. The number of hydrogen-bond donors (Lipinski definition) is 0. The molecule has 4 nitrogen and oxygen atoms in total. The molecule has 2 saturated heterocycles. The molecule has 0 saturated carbocycles. The fourth-order valence-electron chi connectivity index (χ4n) is 3.93. The molecule has 2 aliphatic rings. The molecule has 32 heavy (non-hydrogen) atoms. The molecule has 0 radical (unpaired) electrons. The van der Waals surface area contributed by atoms with Crippen molar-refractivity contribution in [1.29, 1.82) is 0 Å². The maximum atomic E-state index is 13.3. The summed E-state index contributed by atoms with van der Waals surface area (Å²) in [5.41, 5.74) is 3.23. The highest BCUT2D eigenvalue weighted by atomic mass is 32.2. The van der Waals surface area contributed by atoms with Gasteiger partial charge in [-0.15, -0.1) is 23.5 Å². The summed E-state index contributed by atoms with van der Waals surface area (Å²) in [4.78, 5) is 28.4. The highest BCUT2D eigenvalue weighted by Crippen LogP contribution is 2.44. The summed E-state index contributed by atoms with van der Waals surface area (Å²) >= 11 is 3.05. The van der Waals surface area contributed by atoms with Gasteiger partial charge in [-0.05, 0) is 59.7 Å². The van der Waals surface area contributed by atoms with Gasteiger partial charge in [-0.2, -0.15) is 0 Å². The molecule has 2 heterocycles. The number of amides is 2. The molecule has 2 amide bonds. The van der Waals surface area contributed by atoms with E-state index in [0.29, 0.717) is 22.9 Å². The van der Waals surface area contributed by atoms with Crippen molar-refractivity contribution >= 4 is 46.7 Å². The van der Waals surface area contributed by atoms with Gasteiger partial charge in [0.25, 0.3) is 0 Å². The van der Waals surface area contributed by atoms with Crippen LogP contribution in [0.2, 0.25) is 0 Å². The first kappa shape index (κ1) is 21.0.